The Kier molecular flexibility index (Phi) is 3.28. The van der Waals surface area contributed by atoms with E-state index in [9.17, 15) is 4.79 Å². The molecular formula is C27H13N3OS2. The van der Waals surface area contributed by atoms with E-state index in [2.05, 4.69) is 53.5 Å². The smallest absolute Gasteiger partial charge is 0.267 e. The van der Waals surface area contributed by atoms with E-state index in [-0.39, 0.29) is 5.56 Å². The number of thiophene rings is 1. The van der Waals surface area contributed by atoms with Gasteiger partial charge in [-0.15, -0.1) is 11.3 Å². The number of nitrogens with zero attached hydrogens (tertiary/aromatic N) is 3. The van der Waals surface area contributed by atoms with Crippen LogP contribution in [0.4, 0.5) is 0 Å². The average molecular weight is 460 g/mol. The highest BCUT2D eigenvalue weighted by Crippen LogP contribution is 2.39. The molecule has 0 fully saturated rings. The van der Waals surface area contributed by atoms with Crippen molar-refractivity contribution in [2.24, 2.45) is 0 Å². The number of fused-ring (bicyclic) bond motifs is 5. The molecule has 4 aromatic heterocycles. The van der Waals surface area contributed by atoms with Crippen LogP contribution in [0.5, 0.6) is 0 Å². The highest BCUT2D eigenvalue weighted by Gasteiger charge is 2.19. The van der Waals surface area contributed by atoms with Gasteiger partial charge in [-0.3, -0.25) is 9.20 Å². The molecule has 0 atom stereocenters. The summed E-state index contributed by atoms with van der Waals surface area (Å²) in [5, 5.41) is 4.05. The van der Waals surface area contributed by atoms with E-state index in [0.717, 1.165) is 37.2 Å². The maximum Gasteiger partial charge on any atom is 0.281 e. The van der Waals surface area contributed by atoms with Crippen molar-refractivity contribution < 1.29 is 0 Å². The van der Waals surface area contributed by atoms with Crippen LogP contribution in [0.15, 0.2) is 83.7 Å². The minimum Gasteiger partial charge on any atom is -0.267 e. The van der Waals surface area contributed by atoms with E-state index < -0.39 is 0 Å². The molecule has 4 heterocycles. The summed E-state index contributed by atoms with van der Waals surface area (Å²) >= 11 is 3.41. The number of benzene rings is 4. The molecule has 0 aliphatic rings. The van der Waals surface area contributed by atoms with Crippen molar-refractivity contribution in [1.82, 2.24) is 14.4 Å². The zero-order valence-corrected chi connectivity index (χ0v) is 18.7. The Labute approximate surface area is 194 Å². The van der Waals surface area contributed by atoms with Crippen molar-refractivity contribution in [1.29, 1.82) is 0 Å². The topological polar surface area (TPSA) is 47.3 Å². The Bertz CT molecular complexity index is 2120. The molecule has 8 aromatic rings. The lowest BCUT2D eigenvalue weighted by Crippen LogP contribution is -2.11. The third kappa shape index (κ3) is 2.31. The lowest BCUT2D eigenvalue weighted by atomic mass is 10.0. The molecule has 4 aromatic carbocycles. The predicted molar refractivity (Wildman–Crippen MR) is 139 cm³/mol. The van der Waals surface area contributed by atoms with Crippen LogP contribution < -0.4 is 5.56 Å². The van der Waals surface area contributed by atoms with Gasteiger partial charge in [-0.2, -0.15) is 4.98 Å². The van der Waals surface area contributed by atoms with Gasteiger partial charge in [-0.1, -0.05) is 47.7 Å². The van der Waals surface area contributed by atoms with Gasteiger partial charge in [0.25, 0.3) is 5.56 Å². The minimum atomic E-state index is -0.194. The SMILES string of the molecule is O=c1nc2c3ccccc3nc3sc4cc(-c5ccc6sc7ccccc7c6c5)cc1c4n32. The minimum absolute atomic E-state index is 0.194. The summed E-state index contributed by atoms with van der Waals surface area (Å²) in [6.07, 6.45) is 0. The molecule has 0 radical (unpaired) electrons. The number of rotatable bonds is 1. The lowest BCUT2D eigenvalue weighted by molar-refractivity contribution is 1.17. The second kappa shape index (κ2) is 6.13. The van der Waals surface area contributed by atoms with E-state index in [1.165, 1.54) is 20.2 Å². The molecule has 8 rings (SSSR count). The van der Waals surface area contributed by atoms with E-state index in [4.69, 9.17) is 4.98 Å². The van der Waals surface area contributed by atoms with Crippen LogP contribution in [-0.2, 0) is 0 Å². The Morgan fingerprint density at radius 2 is 1.42 bits per heavy atom. The van der Waals surface area contributed by atoms with E-state index in [0.29, 0.717) is 11.0 Å². The first-order valence-electron chi connectivity index (χ1n) is 10.6. The Morgan fingerprint density at radius 3 is 2.36 bits per heavy atom. The standard InChI is InChI=1S/C27H13N3OS2/c31-26-19-12-15(14-9-10-22-18(11-14)16-5-2-4-8-21(16)32-22)13-23-24(19)30-25(29-26)17-6-1-3-7-20(17)28-27(30)33-23/h1-13H. The van der Waals surface area contributed by atoms with Crippen molar-refractivity contribution in [2.75, 3.05) is 0 Å². The first-order chi connectivity index (χ1) is 16.2. The van der Waals surface area contributed by atoms with E-state index in [1.807, 2.05) is 46.1 Å². The largest absolute Gasteiger partial charge is 0.281 e. The van der Waals surface area contributed by atoms with Gasteiger partial charge in [0.05, 0.1) is 21.1 Å². The van der Waals surface area contributed by atoms with Gasteiger partial charge in [0, 0.05) is 25.6 Å². The molecule has 0 amide bonds. The molecule has 0 saturated carbocycles. The molecule has 154 valence electrons. The molecule has 0 aliphatic heterocycles. The average Bonchev–Trinajstić information content (AvgIpc) is 3.40. The van der Waals surface area contributed by atoms with Crippen molar-refractivity contribution >= 4 is 80.0 Å². The van der Waals surface area contributed by atoms with Crippen molar-refractivity contribution in [2.45, 2.75) is 0 Å². The van der Waals surface area contributed by atoms with Crippen molar-refractivity contribution in [3.63, 3.8) is 0 Å². The molecule has 0 bridgehead atoms. The van der Waals surface area contributed by atoms with E-state index >= 15 is 0 Å². The Balaban J connectivity index is 1.47. The van der Waals surface area contributed by atoms with Crippen LogP contribution in [0.2, 0.25) is 0 Å². The molecule has 33 heavy (non-hydrogen) atoms. The van der Waals surface area contributed by atoms with Gasteiger partial charge in [0.1, 0.15) is 0 Å². The van der Waals surface area contributed by atoms with Crippen LogP contribution in [0.1, 0.15) is 0 Å². The molecule has 0 unspecified atom stereocenters. The van der Waals surface area contributed by atoms with Gasteiger partial charge in [0.15, 0.2) is 10.6 Å². The van der Waals surface area contributed by atoms with Crippen LogP contribution in [0.3, 0.4) is 0 Å². The number of para-hydroxylation sites is 1. The number of hydrogen-bond acceptors (Lipinski definition) is 5. The quantitative estimate of drug-likeness (QED) is 0.246. The van der Waals surface area contributed by atoms with Gasteiger partial charge >= 0.3 is 0 Å². The molecule has 0 saturated heterocycles. The third-order valence-corrected chi connectivity index (χ3v) is 8.55. The number of aromatic nitrogens is 3. The van der Waals surface area contributed by atoms with Crippen LogP contribution >= 0.6 is 22.7 Å². The summed E-state index contributed by atoms with van der Waals surface area (Å²) in [5.74, 6) is 0. The summed E-state index contributed by atoms with van der Waals surface area (Å²) in [6, 6.07) is 27.1. The monoisotopic (exact) mass is 459 g/mol. The van der Waals surface area contributed by atoms with Gasteiger partial charge in [-0.25, -0.2) is 4.98 Å². The van der Waals surface area contributed by atoms with Crippen molar-refractivity contribution in [3.8, 4) is 11.1 Å². The normalized spacial score (nSPS) is 12.4. The Hall–Kier alpha value is -3.87. The van der Waals surface area contributed by atoms with Crippen LogP contribution in [-0.4, -0.2) is 14.4 Å². The fourth-order valence-electron chi connectivity index (χ4n) is 4.91. The van der Waals surface area contributed by atoms with E-state index in [1.54, 1.807) is 11.3 Å². The maximum absolute atomic E-state index is 13.2. The molecular weight excluding hydrogens is 446 g/mol. The highest BCUT2D eigenvalue weighted by molar-refractivity contribution is 7.25. The van der Waals surface area contributed by atoms with Gasteiger partial charge in [0.2, 0.25) is 0 Å². The third-order valence-electron chi connectivity index (χ3n) is 6.41. The Morgan fingerprint density at radius 1 is 0.636 bits per heavy atom. The second-order valence-corrected chi connectivity index (χ2v) is 10.4. The first-order valence-corrected chi connectivity index (χ1v) is 12.3. The second-order valence-electron chi connectivity index (χ2n) is 8.27. The number of hydrogen-bond donors (Lipinski definition) is 0. The lowest BCUT2D eigenvalue weighted by Gasteiger charge is -2.08. The summed E-state index contributed by atoms with van der Waals surface area (Å²) in [6.45, 7) is 0. The number of thiazole rings is 1. The summed E-state index contributed by atoms with van der Waals surface area (Å²) in [4.78, 5) is 23.4. The summed E-state index contributed by atoms with van der Waals surface area (Å²) < 4.78 is 5.64. The van der Waals surface area contributed by atoms with Gasteiger partial charge < -0.3 is 0 Å². The molecule has 0 aliphatic carbocycles. The first kappa shape index (κ1) is 17.7. The summed E-state index contributed by atoms with van der Waals surface area (Å²) in [5.41, 5.74) is 4.38. The highest BCUT2D eigenvalue weighted by atomic mass is 32.1. The van der Waals surface area contributed by atoms with Crippen LogP contribution in [0, 0.1) is 0 Å². The summed E-state index contributed by atoms with van der Waals surface area (Å²) in [7, 11) is 0. The predicted octanol–water partition coefficient (Wildman–Crippen LogP) is 7.08. The molecule has 4 nitrogen and oxygen atoms in total. The molecule has 6 heteroatoms. The fourth-order valence-corrected chi connectivity index (χ4v) is 7.09. The molecule has 0 spiro atoms. The van der Waals surface area contributed by atoms with Gasteiger partial charge in [-0.05, 0) is 53.6 Å². The zero-order chi connectivity index (χ0) is 21.7. The fraction of sp³-hybridized carbons (Fsp3) is 0. The zero-order valence-electron chi connectivity index (χ0n) is 17.1. The van der Waals surface area contributed by atoms with Crippen molar-refractivity contribution in [3.05, 3.63) is 89.2 Å². The maximum atomic E-state index is 13.2. The van der Waals surface area contributed by atoms with Crippen LogP contribution in [0.25, 0.3) is 68.4 Å². The molecule has 0 N–H and O–H groups in total.